The lowest BCUT2D eigenvalue weighted by Crippen LogP contribution is -2.71. The Morgan fingerprint density at radius 3 is 2.81 bits per heavy atom. The van der Waals surface area contributed by atoms with E-state index >= 15 is 0 Å². The molecular formula is C19H21N7O4S2. The molecular weight excluding hydrogens is 454 g/mol. The molecule has 4 rings (SSSR count). The zero-order valence-corrected chi connectivity index (χ0v) is 19.0. The molecule has 3 heterocycles. The van der Waals surface area contributed by atoms with Gasteiger partial charge < -0.3 is 15.7 Å². The van der Waals surface area contributed by atoms with Crippen molar-refractivity contribution in [1.29, 1.82) is 0 Å². The number of hydrogen-bond acceptors (Lipinski definition) is 8. The van der Waals surface area contributed by atoms with Crippen molar-refractivity contribution >= 4 is 41.4 Å². The number of amides is 3. The highest BCUT2D eigenvalue weighted by Gasteiger charge is 2.56. The van der Waals surface area contributed by atoms with E-state index in [0.29, 0.717) is 22.2 Å². The van der Waals surface area contributed by atoms with Gasteiger partial charge in [0.1, 0.15) is 17.1 Å². The summed E-state index contributed by atoms with van der Waals surface area (Å²) in [5.74, 6) is -0.902. The van der Waals surface area contributed by atoms with Crippen molar-refractivity contribution in [3.8, 4) is 0 Å². The number of carbonyl (C=O) groups excluding carboxylic acids is 2. The van der Waals surface area contributed by atoms with Crippen LogP contribution >= 0.6 is 23.5 Å². The second-order valence-electron chi connectivity index (χ2n) is 7.44. The molecule has 0 radical (unpaired) electrons. The molecule has 3 amide bonds. The van der Waals surface area contributed by atoms with Crippen LogP contribution in [0.3, 0.4) is 0 Å². The van der Waals surface area contributed by atoms with Gasteiger partial charge >= 0.3 is 12.0 Å². The Bertz CT molecular complexity index is 1120. The summed E-state index contributed by atoms with van der Waals surface area (Å²) in [7, 11) is 1.69. The van der Waals surface area contributed by atoms with Gasteiger partial charge in [-0.05, 0) is 28.5 Å². The molecule has 1 aromatic carbocycles. The smallest absolute Gasteiger partial charge is 0.352 e. The molecule has 3 N–H and O–H groups in total. The number of nitrogens with zero attached hydrogens (tertiary/aromatic N) is 6. The van der Waals surface area contributed by atoms with E-state index in [-0.39, 0.29) is 12.2 Å². The average molecular weight is 476 g/mol. The van der Waals surface area contributed by atoms with Crippen LogP contribution in [0, 0.1) is 6.92 Å². The minimum atomic E-state index is -1.18. The molecule has 0 saturated carbocycles. The van der Waals surface area contributed by atoms with E-state index in [4.69, 9.17) is 5.73 Å². The van der Waals surface area contributed by atoms with Gasteiger partial charge in [-0.25, -0.2) is 14.3 Å². The topological polar surface area (TPSA) is 148 Å². The highest BCUT2D eigenvalue weighted by atomic mass is 32.2. The number of urea groups is 1. The number of carboxylic acids is 1. The number of β-lactam (4-membered cyclic amide) rings is 1. The van der Waals surface area contributed by atoms with E-state index in [1.54, 1.807) is 7.05 Å². The highest BCUT2D eigenvalue weighted by molar-refractivity contribution is 8.01. The average Bonchev–Trinajstić information content (AvgIpc) is 3.15. The van der Waals surface area contributed by atoms with Crippen molar-refractivity contribution in [3.63, 3.8) is 0 Å². The summed E-state index contributed by atoms with van der Waals surface area (Å²) in [4.78, 5) is 39.9. The normalized spacial score (nSPS) is 20.1. The lowest BCUT2D eigenvalue weighted by molar-refractivity contribution is -0.153. The van der Waals surface area contributed by atoms with Crippen LogP contribution in [0.5, 0.6) is 0 Å². The van der Waals surface area contributed by atoms with Crippen molar-refractivity contribution in [1.82, 2.24) is 30.0 Å². The monoisotopic (exact) mass is 475 g/mol. The second-order valence-corrected chi connectivity index (χ2v) is 9.49. The van der Waals surface area contributed by atoms with Gasteiger partial charge in [0, 0.05) is 25.1 Å². The Hall–Kier alpha value is -3.06. The van der Waals surface area contributed by atoms with Gasteiger partial charge in [-0.15, -0.1) is 16.9 Å². The second kappa shape index (κ2) is 8.82. The van der Waals surface area contributed by atoms with E-state index in [9.17, 15) is 19.5 Å². The molecule has 1 unspecified atom stereocenters. The summed E-state index contributed by atoms with van der Waals surface area (Å²) in [5, 5.41) is 21.1. The molecule has 0 spiro atoms. The molecule has 1 fully saturated rings. The number of tetrazole rings is 1. The zero-order chi connectivity index (χ0) is 23.0. The third-order valence-electron chi connectivity index (χ3n) is 5.23. The Balaban J connectivity index is 1.55. The SMILES string of the molecule is Cc1cccc(CN(C(N)=O)C2C(=O)N3C(C(=O)O)=C(CSc4nnnn4C)CS[C@H]23)c1. The number of carboxylic acid groups (broad SMARTS) is 1. The fourth-order valence-corrected chi connectivity index (χ4v) is 6.15. The van der Waals surface area contributed by atoms with Crippen LogP contribution in [0.4, 0.5) is 4.79 Å². The van der Waals surface area contributed by atoms with E-state index < -0.39 is 29.3 Å². The summed E-state index contributed by atoms with van der Waals surface area (Å²) < 4.78 is 1.49. The van der Waals surface area contributed by atoms with Crippen molar-refractivity contribution in [2.75, 3.05) is 11.5 Å². The number of aromatic nitrogens is 4. The Kier molecular flexibility index (Phi) is 6.11. The highest BCUT2D eigenvalue weighted by Crippen LogP contribution is 2.43. The molecule has 1 saturated heterocycles. The van der Waals surface area contributed by atoms with Crippen molar-refractivity contribution in [3.05, 3.63) is 46.7 Å². The Morgan fingerprint density at radius 2 is 2.19 bits per heavy atom. The standard InChI is InChI=1S/C19H21N7O4S2/c1-10-4-3-5-11(6-10)7-25(18(20)30)14-15(27)26-13(17(28)29)12(8-31-16(14)26)9-32-19-21-22-23-24(19)2/h3-6,14,16H,7-9H2,1-2H3,(H2,20,30)(H,28,29)/t14?,16-/m1/s1. The Labute approximate surface area is 192 Å². The molecule has 2 aliphatic heterocycles. The van der Waals surface area contributed by atoms with Gasteiger partial charge in [0.2, 0.25) is 5.16 Å². The maximum Gasteiger partial charge on any atom is 0.352 e. The predicted octanol–water partition coefficient (Wildman–Crippen LogP) is 0.814. The Morgan fingerprint density at radius 1 is 1.41 bits per heavy atom. The summed E-state index contributed by atoms with van der Waals surface area (Å²) >= 11 is 2.71. The van der Waals surface area contributed by atoms with Crippen LogP contribution in [-0.2, 0) is 23.2 Å². The minimum absolute atomic E-state index is 0.0439. The van der Waals surface area contributed by atoms with Crippen LogP contribution < -0.4 is 5.73 Å². The van der Waals surface area contributed by atoms with E-state index in [1.807, 2.05) is 31.2 Å². The van der Waals surface area contributed by atoms with E-state index in [2.05, 4.69) is 15.5 Å². The third kappa shape index (κ3) is 4.05. The number of nitrogens with two attached hydrogens (primary N) is 1. The quantitative estimate of drug-likeness (QED) is 0.438. The van der Waals surface area contributed by atoms with Crippen LogP contribution in [0.15, 0.2) is 40.7 Å². The van der Waals surface area contributed by atoms with Crippen LogP contribution in [0.1, 0.15) is 11.1 Å². The van der Waals surface area contributed by atoms with Gasteiger partial charge in [0.05, 0.1) is 0 Å². The van der Waals surface area contributed by atoms with Crippen LogP contribution in [0.25, 0.3) is 0 Å². The lowest BCUT2D eigenvalue weighted by atomic mass is 10.0. The number of aryl methyl sites for hydroxylation is 2. The number of thioether (sulfide) groups is 2. The first-order valence-electron chi connectivity index (χ1n) is 9.64. The molecule has 0 bridgehead atoms. The van der Waals surface area contributed by atoms with Crippen LogP contribution in [0.2, 0.25) is 0 Å². The van der Waals surface area contributed by atoms with Gasteiger partial charge in [-0.3, -0.25) is 9.69 Å². The fraction of sp³-hybridized carbons (Fsp3) is 0.368. The predicted molar refractivity (Wildman–Crippen MR) is 117 cm³/mol. The number of fused-ring (bicyclic) bond motifs is 1. The molecule has 168 valence electrons. The number of aliphatic carboxylic acids is 1. The molecule has 32 heavy (non-hydrogen) atoms. The van der Waals surface area contributed by atoms with Crippen molar-refractivity contribution < 1.29 is 19.5 Å². The van der Waals surface area contributed by atoms with E-state index in [0.717, 1.165) is 11.1 Å². The maximum absolute atomic E-state index is 13.1. The molecule has 1 aromatic heterocycles. The number of hydrogen-bond donors (Lipinski definition) is 2. The summed E-state index contributed by atoms with van der Waals surface area (Å²) in [6, 6.07) is 6.05. The summed E-state index contributed by atoms with van der Waals surface area (Å²) in [5.41, 5.74) is 8.04. The molecule has 11 nitrogen and oxygen atoms in total. The molecule has 2 aromatic rings. The summed E-state index contributed by atoms with van der Waals surface area (Å²) in [6.45, 7) is 2.11. The third-order valence-corrected chi connectivity index (χ3v) is 7.65. The molecule has 0 aliphatic carbocycles. The van der Waals surface area contributed by atoms with Gasteiger partial charge in [-0.1, -0.05) is 41.6 Å². The maximum atomic E-state index is 13.1. The number of rotatable bonds is 7. The minimum Gasteiger partial charge on any atom is -0.477 e. The molecule has 13 heteroatoms. The van der Waals surface area contributed by atoms with Gasteiger partial charge in [0.15, 0.2) is 0 Å². The van der Waals surface area contributed by atoms with E-state index in [1.165, 1.54) is 38.0 Å². The number of benzene rings is 1. The number of primary amides is 1. The van der Waals surface area contributed by atoms with Gasteiger partial charge in [-0.2, -0.15) is 0 Å². The first-order valence-corrected chi connectivity index (χ1v) is 11.7. The lowest BCUT2D eigenvalue weighted by Gasteiger charge is -2.52. The summed E-state index contributed by atoms with van der Waals surface area (Å²) in [6.07, 6.45) is 0. The number of carbonyl (C=O) groups is 3. The molecule has 2 aliphatic rings. The first kappa shape index (κ1) is 22.1. The zero-order valence-electron chi connectivity index (χ0n) is 17.3. The molecule has 2 atom stereocenters. The first-order chi connectivity index (χ1) is 15.3. The van der Waals surface area contributed by atoms with Crippen LogP contribution in [-0.4, -0.2) is 75.9 Å². The van der Waals surface area contributed by atoms with Crippen molar-refractivity contribution in [2.24, 2.45) is 12.8 Å². The van der Waals surface area contributed by atoms with Crippen molar-refractivity contribution in [2.45, 2.75) is 30.0 Å². The van der Waals surface area contributed by atoms with Gasteiger partial charge in [0.25, 0.3) is 5.91 Å². The largest absolute Gasteiger partial charge is 0.477 e. The fourth-order valence-electron chi connectivity index (χ4n) is 3.74.